The number of carbonyl (C=O) groups excluding carboxylic acids is 1. The fraction of sp³-hybridized carbons (Fsp3) is 0.533. The Labute approximate surface area is 121 Å². The van der Waals surface area contributed by atoms with Gasteiger partial charge in [-0.15, -0.1) is 0 Å². The van der Waals surface area contributed by atoms with Crippen LogP contribution in [0.3, 0.4) is 0 Å². The highest BCUT2D eigenvalue weighted by Gasteiger charge is 2.43. The minimum atomic E-state index is -3.30. The van der Waals surface area contributed by atoms with Crippen LogP contribution in [0.25, 0.3) is 0 Å². The molecule has 1 aromatic carbocycles. The molecule has 0 atom stereocenters. The summed E-state index contributed by atoms with van der Waals surface area (Å²) in [4.78, 5) is 13.9. The molecule has 18 heavy (non-hydrogen) atoms. The zero-order valence-electron chi connectivity index (χ0n) is 19.1. The maximum Gasteiger partial charge on any atom is 0.316 e. The van der Waals surface area contributed by atoms with Crippen molar-refractivity contribution >= 4 is 5.97 Å². The number of hydrogen-bond acceptors (Lipinski definition) is 3. The van der Waals surface area contributed by atoms with Crippen molar-refractivity contribution in [1.82, 2.24) is 4.90 Å². The third-order valence-corrected chi connectivity index (χ3v) is 3.10. The predicted octanol–water partition coefficient (Wildman–Crippen LogP) is 2.21. The number of piperidine rings is 1. The quantitative estimate of drug-likeness (QED) is 0.777. The van der Waals surface area contributed by atoms with Gasteiger partial charge in [0.25, 0.3) is 0 Å². The lowest BCUT2D eigenvalue weighted by Crippen LogP contribution is -2.47. The first kappa shape index (κ1) is 5.74. The second-order valence-electron chi connectivity index (χ2n) is 4.17. The maximum absolute atomic E-state index is 13.0. The number of hydrogen-bond donors (Lipinski definition) is 0. The van der Waals surface area contributed by atoms with Gasteiger partial charge in [-0.2, -0.15) is 0 Å². The van der Waals surface area contributed by atoms with E-state index in [9.17, 15) is 4.79 Å². The second-order valence-corrected chi connectivity index (χ2v) is 4.17. The minimum absolute atomic E-state index is 0.234. The summed E-state index contributed by atoms with van der Waals surface area (Å²) >= 11 is 0. The Morgan fingerprint density at radius 3 is 2.78 bits per heavy atom. The van der Waals surface area contributed by atoms with Crippen molar-refractivity contribution in [3.8, 4) is 0 Å². The van der Waals surface area contributed by atoms with Gasteiger partial charge < -0.3 is 9.64 Å². The molecule has 0 N–H and O–H groups in total. The van der Waals surface area contributed by atoms with Crippen LogP contribution in [0.2, 0.25) is 0 Å². The highest BCUT2D eigenvalue weighted by Crippen LogP contribution is 2.36. The molecule has 0 amide bonds. The number of carbonyl (C=O) groups is 1. The fourth-order valence-electron chi connectivity index (χ4n) is 1.99. The molecule has 2 rings (SSSR count). The van der Waals surface area contributed by atoms with E-state index in [0.717, 1.165) is 4.90 Å². The van der Waals surface area contributed by atoms with Gasteiger partial charge in [0, 0.05) is 9.60 Å². The highest BCUT2D eigenvalue weighted by atomic mass is 16.5. The van der Waals surface area contributed by atoms with Crippen molar-refractivity contribution in [3.05, 3.63) is 35.9 Å². The molecule has 0 aromatic heterocycles. The molecule has 98 valence electrons. The van der Waals surface area contributed by atoms with Crippen LogP contribution in [0, 0.1) is 0 Å². The number of likely N-dealkylation sites (tertiary alicyclic amines) is 1. The van der Waals surface area contributed by atoms with Gasteiger partial charge in [-0.05, 0) is 45.3 Å². The van der Waals surface area contributed by atoms with Crippen molar-refractivity contribution < 1.29 is 21.9 Å². The molecular formula is C15H21NO2. The molecule has 0 unspecified atom stereocenters. The molecule has 1 aromatic rings. The van der Waals surface area contributed by atoms with Crippen LogP contribution in [-0.4, -0.2) is 37.5 Å². The van der Waals surface area contributed by atoms with Crippen LogP contribution < -0.4 is 0 Å². The molecule has 0 spiro atoms. The smallest absolute Gasteiger partial charge is 0.316 e. The Hall–Kier alpha value is -1.35. The van der Waals surface area contributed by atoms with E-state index in [1.165, 1.54) is 19.2 Å². The summed E-state index contributed by atoms with van der Waals surface area (Å²) in [5.74, 6) is -1.31. The first-order valence-electron chi connectivity index (χ1n) is 10.1. The van der Waals surface area contributed by atoms with Gasteiger partial charge in [0.1, 0.15) is 0 Å². The fourth-order valence-corrected chi connectivity index (χ4v) is 1.99. The van der Waals surface area contributed by atoms with Crippen LogP contribution in [-0.2, 0) is 14.9 Å². The van der Waals surface area contributed by atoms with Crippen LogP contribution in [0.4, 0.5) is 0 Å². The standard InChI is InChI=1S/C15H21NO2/c1-3-18-14(17)15(9-11-16(2)12-10-15)13-7-5-4-6-8-13/h4-8H,3,9-12H2,1-2H3/i1D3,3D2,11D2,12D2. The number of esters is 1. The molecule has 0 aliphatic carbocycles. The average molecular weight is 256 g/mol. The van der Waals surface area contributed by atoms with Crippen LogP contribution in [0.1, 0.15) is 37.6 Å². The van der Waals surface area contributed by atoms with Crippen molar-refractivity contribution in [1.29, 1.82) is 0 Å². The predicted molar refractivity (Wildman–Crippen MR) is 71.5 cm³/mol. The van der Waals surface area contributed by atoms with Gasteiger partial charge >= 0.3 is 5.97 Å². The van der Waals surface area contributed by atoms with Crippen LogP contribution in [0.5, 0.6) is 0 Å². The maximum atomic E-state index is 13.0. The Kier molecular flexibility index (Phi) is 1.76. The lowest BCUT2D eigenvalue weighted by molar-refractivity contribution is -0.152. The third-order valence-electron chi connectivity index (χ3n) is 3.10. The number of rotatable bonds is 3. The summed E-state index contributed by atoms with van der Waals surface area (Å²) in [6.45, 7) is -11.1. The summed E-state index contributed by atoms with van der Waals surface area (Å²) in [6.07, 6.45) is -1.04. The minimum Gasteiger partial charge on any atom is -0.465 e. The first-order chi connectivity index (χ1) is 12.1. The Balaban J connectivity index is 2.58. The lowest BCUT2D eigenvalue weighted by Gasteiger charge is -2.38. The molecule has 1 saturated heterocycles. The van der Waals surface area contributed by atoms with E-state index in [-0.39, 0.29) is 5.56 Å². The Morgan fingerprint density at radius 1 is 1.50 bits per heavy atom. The van der Waals surface area contributed by atoms with Gasteiger partial charge in [0.15, 0.2) is 0 Å². The monoisotopic (exact) mass is 256 g/mol. The van der Waals surface area contributed by atoms with E-state index >= 15 is 0 Å². The van der Waals surface area contributed by atoms with Crippen molar-refractivity contribution in [2.45, 2.75) is 25.1 Å². The van der Waals surface area contributed by atoms with E-state index in [1.54, 1.807) is 18.2 Å². The van der Waals surface area contributed by atoms with Gasteiger partial charge in [-0.3, -0.25) is 4.79 Å². The molecular weight excluding hydrogens is 226 g/mol. The third kappa shape index (κ3) is 2.41. The summed E-state index contributed by atoms with van der Waals surface area (Å²) in [6, 6.07) is 7.79. The number of nitrogens with zero attached hydrogens (tertiary/aromatic N) is 1. The largest absolute Gasteiger partial charge is 0.465 e. The van der Waals surface area contributed by atoms with Crippen molar-refractivity contribution in [3.63, 3.8) is 0 Å². The zero-order chi connectivity index (χ0) is 20.9. The van der Waals surface area contributed by atoms with Gasteiger partial charge in [-0.25, -0.2) is 0 Å². The molecule has 0 bridgehead atoms. The topological polar surface area (TPSA) is 29.5 Å². The molecule has 0 saturated carbocycles. The second kappa shape index (κ2) is 5.53. The molecule has 0 radical (unpaired) electrons. The number of ether oxygens (including phenoxy) is 1. The van der Waals surface area contributed by atoms with Gasteiger partial charge in [-0.1, -0.05) is 30.3 Å². The molecule has 1 aliphatic heterocycles. The Bertz CT molecular complexity index is 685. The van der Waals surface area contributed by atoms with Gasteiger partial charge in [0.05, 0.1) is 14.7 Å². The molecule has 1 heterocycles. The molecule has 1 aliphatic rings. The summed E-state index contributed by atoms with van der Waals surface area (Å²) < 4.78 is 74.2. The van der Waals surface area contributed by atoms with Crippen molar-refractivity contribution in [2.75, 3.05) is 26.6 Å². The van der Waals surface area contributed by atoms with Crippen LogP contribution >= 0.6 is 0 Å². The van der Waals surface area contributed by atoms with Crippen molar-refractivity contribution in [2.24, 2.45) is 0 Å². The van der Waals surface area contributed by atoms with E-state index in [1.807, 2.05) is 0 Å². The van der Waals surface area contributed by atoms with Crippen LogP contribution in [0.15, 0.2) is 30.3 Å². The van der Waals surface area contributed by atoms with E-state index in [0.29, 0.717) is 0 Å². The summed E-state index contributed by atoms with van der Waals surface area (Å²) in [5.41, 5.74) is -1.66. The summed E-state index contributed by atoms with van der Waals surface area (Å²) in [7, 11) is 1.25. The highest BCUT2D eigenvalue weighted by molar-refractivity contribution is 5.83. The van der Waals surface area contributed by atoms with Gasteiger partial charge in [0.2, 0.25) is 0 Å². The van der Waals surface area contributed by atoms with E-state index in [2.05, 4.69) is 0 Å². The molecule has 3 nitrogen and oxygen atoms in total. The number of benzene rings is 1. The van der Waals surface area contributed by atoms with E-state index < -0.39 is 50.6 Å². The summed E-state index contributed by atoms with van der Waals surface area (Å²) in [5, 5.41) is 0. The zero-order valence-corrected chi connectivity index (χ0v) is 10.1. The average Bonchev–Trinajstić information content (AvgIpc) is 2.51. The molecule has 3 heteroatoms. The molecule has 1 fully saturated rings. The Morgan fingerprint density at radius 2 is 2.17 bits per heavy atom. The first-order valence-corrected chi connectivity index (χ1v) is 5.58. The normalized spacial score (nSPS) is 33.9. The SMILES string of the molecule is [2H]C1([2H])CC(C(=O)OC([2H])([2H])C([2H])([2H])[2H])(c2ccccc2)CC([2H])([2H])N1C. The lowest BCUT2D eigenvalue weighted by atomic mass is 9.73. The van der Waals surface area contributed by atoms with E-state index in [4.69, 9.17) is 17.1 Å².